The first-order valence-corrected chi connectivity index (χ1v) is 14.0. The van der Waals surface area contributed by atoms with E-state index in [-0.39, 0.29) is 40.0 Å². The van der Waals surface area contributed by atoms with Crippen molar-refractivity contribution in [3.05, 3.63) is 87.9 Å². The summed E-state index contributed by atoms with van der Waals surface area (Å²) >= 11 is 12.7. The third-order valence-electron chi connectivity index (χ3n) is 6.36. The third-order valence-corrected chi connectivity index (χ3v) is 6.95. The van der Waals surface area contributed by atoms with Gasteiger partial charge in [0.1, 0.15) is 17.9 Å². The molecule has 44 heavy (non-hydrogen) atoms. The van der Waals surface area contributed by atoms with E-state index in [1.54, 1.807) is 24.3 Å². The smallest absolute Gasteiger partial charge is 0.328 e. The van der Waals surface area contributed by atoms with Gasteiger partial charge in [0.05, 0.1) is 28.7 Å². The predicted molar refractivity (Wildman–Crippen MR) is 167 cm³/mol. The van der Waals surface area contributed by atoms with Crippen LogP contribution in [0, 0.1) is 0 Å². The Labute approximate surface area is 261 Å². The molecule has 0 aromatic heterocycles. The zero-order valence-corrected chi connectivity index (χ0v) is 24.7. The monoisotopic (exact) mass is 640 g/mol. The van der Waals surface area contributed by atoms with Crippen molar-refractivity contribution >= 4 is 64.3 Å². The third kappa shape index (κ3) is 8.39. The van der Waals surface area contributed by atoms with Crippen molar-refractivity contribution in [2.75, 3.05) is 25.0 Å². The first-order valence-electron chi connectivity index (χ1n) is 13.3. The van der Waals surface area contributed by atoms with Crippen molar-refractivity contribution in [2.24, 2.45) is 9.98 Å². The van der Waals surface area contributed by atoms with Crippen LogP contribution < -0.4 is 21.3 Å². The van der Waals surface area contributed by atoms with Gasteiger partial charge in [-0.05, 0) is 48.4 Å². The zero-order chi connectivity index (χ0) is 31.8. The number of anilines is 1. The Morgan fingerprint density at radius 2 is 1.75 bits per heavy atom. The largest absolute Gasteiger partial charge is 0.480 e. The number of amides is 3. The second-order valence-electron chi connectivity index (χ2n) is 9.63. The topological polar surface area (TPSA) is 161 Å². The fourth-order valence-electron chi connectivity index (χ4n) is 4.08. The first kappa shape index (κ1) is 32.1. The number of carbonyl (C=O) groups is 4. The van der Waals surface area contributed by atoms with Crippen molar-refractivity contribution in [2.45, 2.75) is 19.1 Å². The Morgan fingerprint density at radius 3 is 2.39 bits per heavy atom. The van der Waals surface area contributed by atoms with Gasteiger partial charge in [0, 0.05) is 17.8 Å². The summed E-state index contributed by atoms with van der Waals surface area (Å²) in [6.45, 7) is 0.888. The normalized spacial score (nSPS) is 15.3. The van der Waals surface area contributed by atoms with E-state index in [1.165, 1.54) is 19.1 Å². The van der Waals surface area contributed by atoms with Gasteiger partial charge in [-0.3, -0.25) is 14.4 Å². The molecule has 5 N–H and O–H groups in total. The van der Waals surface area contributed by atoms with Gasteiger partial charge in [0.25, 0.3) is 17.7 Å². The fourth-order valence-corrected chi connectivity index (χ4v) is 4.74. The highest BCUT2D eigenvalue weighted by Crippen LogP contribution is 2.31. The Bertz CT molecular complexity index is 1630. The second kappa shape index (κ2) is 14.6. The van der Waals surface area contributed by atoms with Crippen molar-refractivity contribution in [3.63, 3.8) is 0 Å². The minimum absolute atomic E-state index is 0.0131. The van der Waals surface area contributed by atoms with E-state index in [0.29, 0.717) is 17.2 Å². The minimum atomic E-state index is -1.55. The number of carbonyl (C=O) groups excluding carboxylic acids is 3. The number of alkyl halides is 1. The maximum atomic E-state index is 13.3. The Morgan fingerprint density at radius 1 is 1.05 bits per heavy atom. The number of benzene rings is 3. The van der Waals surface area contributed by atoms with Crippen LogP contribution in [0.2, 0.25) is 10.0 Å². The molecule has 0 spiro atoms. The molecule has 0 radical (unpaired) electrons. The molecule has 1 aliphatic heterocycles. The van der Waals surface area contributed by atoms with Crippen molar-refractivity contribution < 1.29 is 28.7 Å². The van der Waals surface area contributed by atoms with Gasteiger partial charge in [-0.25, -0.2) is 19.2 Å². The van der Waals surface area contributed by atoms with Crippen LogP contribution in [0.5, 0.6) is 0 Å². The zero-order valence-electron chi connectivity index (χ0n) is 23.2. The molecule has 228 valence electrons. The van der Waals surface area contributed by atoms with Gasteiger partial charge in [-0.15, -0.1) is 0 Å². The highest BCUT2D eigenvalue weighted by molar-refractivity contribution is 6.40. The number of aliphatic imine (C=N–C) groups is 2. The highest BCUT2D eigenvalue weighted by Gasteiger charge is 2.25. The van der Waals surface area contributed by atoms with E-state index < -0.39 is 42.4 Å². The molecule has 0 fully saturated rings. The quantitative estimate of drug-likeness (QED) is 0.221. The van der Waals surface area contributed by atoms with E-state index in [2.05, 4.69) is 31.3 Å². The summed E-state index contributed by atoms with van der Waals surface area (Å²) in [5.41, 5.74) is 1.77. The molecule has 2 atom stereocenters. The number of hydrogen-bond acceptors (Lipinski definition) is 7. The first-order chi connectivity index (χ1) is 21.0. The van der Waals surface area contributed by atoms with E-state index in [1.807, 2.05) is 30.3 Å². The fraction of sp³-hybridized carbons (Fsp3) is 0.200. The lowest BCUT2D eigenvalue weighted by Gasteiger charge is -2.18. The van der Waals surface area contributed by atoms with Crippen LogP contribution in [0.25, 0.3) is 11.1 Å². The molecule has 0 aliphatic carbocycles. The van der Waals surface area contributed by atoms with Crippen LogP contribution in [0.4, 0.5) is 10.1 Å². The molecule has 14 heteroatoms. The SMILES string of the molecule is C/C(=N\C(=O)c1cccc(NC2=NCC(F)CN2)c1)C(=O)NC[C@@H](NC(=O)c1c(Cl)cc(-c2ccccc2)cc1Cl)C(=O)O. The Hall–Kier alpha value is -4.81. The van der Waals surface area contributed by atoms with Crippen LogP contribution >= 0.6 is 23.2 Å². The number of guanidine groups is 1. The summed E-state index contributed by atoms with van der Waals surface area (Å²) < 4.78 is 13.3. The maximum Gasteiger partial charge on any atom is 0.328 e. The summed E-state index contributed by atoms with van der Waals surface area (Å²) in [5.74, 6) is -3.47. The van der Waals surface area contributed by atoms with Crippen molar-refractivity contribution in [3.8, 4) is 11.1 Å². The van der Waals surface area contributed by atoms with Crippen LogP contribution in [0.15, 0.2) is 76.7 Å². The van der Waals surface area contributed by atoms with E-state index in [9.17, 15) is 28.7 Å². The van der Waals surface area contributed by atoms with Gasteiger partial charge >= 0.3 is 5.97 Å². The van der Waals surface area contributed by atoms with Crippen molar-refractivity contribution in [1.82, 2.24) is 16.0 Å². The van der Waals surface area contributed by atoms with Gasteiger partial charge in [0.2, 0.25) is 0 Å². The summed E-state index contributed by atoms with van der Waals surface area (Å²) in [5, 5.41) is 20.1. The van der Waals surface area contributed by atoms with E-state index >= 15 is 0 Å². The molecule has 1 heterocycles. The molecule has 4 rings (SSSR count). The van der Waals surface area contributed by atoms with E-state index in [0.717, 1.165) is 5.56 Å². The van der Waals surface area contributed by atoms with Gasteiger partial charge in [0.15, 0.2) is 5.96 Å². The highest BCUT2D eigenvalue weighted by atomic mass is 35.5. The Kier molecular flexibility index (Phi) is 10.6. The summed E-state index contributed by atoms with van der Waals surface area (Å²) in [6.07, 6.45) is -1.08. The van der Waals surface area contributed by atoms with Gasteiger partial charge < -0.3 is 26.4 Å². The summed E-state index contributed by atoms with van der Waals surface area (Å²) in [4.78, 5) is 58.0. The lowest BCUT2D eigenvalue weighted by molar-refractivity contribution is -0.139. The van der Waals surface area contributed by atoms with E-state index in [4.69, 9.17) is 23.2 Å². The standard InChI is InChI=1S/C30H27Cl2FN6O5/c1-16(37-27(41)18-8-5-9-21(10-18)38-30-35-13-20(33)14-36-30)26(40)34-15-24(29(43)44)39-28(42)25-22(31)11-19(12-23(25)32)17-6-3-2-4-7-17/h2-12,20,24H,13-15H2,1H3,(H,34,40)(H,39,42)(H,43,44)(H2,35,36,38)/b37-16+/t24-/m1/s1. The summed E-state index contributed by atoms with van der Waals surface area (Å²) in [7, 11) is 0. The summed E-state index contributed by atoms with van der Waals surface area (Å²) in [6, 6.07) is 17.0. The molecule has 1 aliphatic rings. The van der Waals surface area contributed by atoms with Crippen molar-refractivity contribution in [1.29, 1.82) is 0 Å². The van der Waals surface area contributed by atoms with Gasteiger partial charge in [-0.2, -0.15) is 0 Å². The van der Waals surface area contributed by atoms with Crippen LogP contribution in [0.3, 0.4) is 0 Å². The number of halogens is 3. The molecule has 3 aromatic rings. The minimum Gasteiger partial charge on any atom is -0.480 e. The average molecular weight is 641 g/mol. The maximum absolute atomic E-state index is 13.3. The molecule has 0 saturated heterocycles. The lowest BCUT2D eigenvalue weighted by Crippen LogP contribution is -2.49. The number of nitrogens with zero attached hydrogens (tertiary/aromatic N) is 2. The number of carboxylic acids is 1. The molecule has 3 amide bonds. The van der Waals surface area contributed by atoms with Crippen LogP contribution in [0.1, 0.15) is 27.6 Å². The molecular weight excluding hydrogens is 614 g/mol. The second-order valence-corrected chi connectivity index (χ2v) is 10.4. The number of nitrogens with one attached hydrogen (secondary N) is 4. The number of aliphatic carboxylic acids is 1. The van der Waals surface area contributed by atoms with Crippen LogP contribution in [-0.4, -0.2) is 72.3 Å². The molecule has 0 bridgehead atoms. The predicted octanol–water partition coefficient (Wildman–Crippen LogP) is 3.97. The lowest BCUT2D eigenvalue weighted by atomic mass is 10.0. The molecule has 11 nitrogen and oxygen atoms in total. The molecular formula is C30H27Cl2FN6O5. The Balaban J connectivity index is 1.37. The average Bonchev–Trinajstić information content (AvgIpc) is 3.00. The molecule has 1 unspecified atom stereocenters. The number of rotatable bonds is 9. The number of carboxylic acid groups (broad SMARTS) is 1. The van der Waals surface area contributed by atoms with Crippen LogP contribution in [-0.2, 0) is 9.59 Å². The number of hydrogen-bond donors (Lipinski definition) is 5. The van der Waals surface area contributed by atoms with Gasteiger partial charge in [-0.1, -0.05) is 59.6 Å². The molecule has 3 aromatic carbocycles. The molecule has 0 saturated carbocycles.